The fraction of sp³-hybridized carbons (Fsp3) is 0.222. The van der Waals surface area contributed by atoms with Gasteiger partial charge in [0.1, 0.15) is 12.1 Å². The Labute approximate surface area is 87.2 Å². The number of hydrogen-bond donors (Lipinski definition) is 1. The molecule has 0 amide bonds. The molecule has 0 atom stereocenters. The van der Waals surface area contributed by atoms with Crippen LogP contribution in [-0.2, 0) is 14.8 Å². The lowest BCUT2D eigenvalue weighted by molar-refractivity contribution is -0.106. The number of aldehydes is 1. The molecular formula is C9H10FNO3S. The smallest absolute Gasteiger partial charge is 0.241 e. The normalized spacial score (nSPS) is 11.3. The van der Waals surface area contributed by atoms with Crippen LogP contribution in [0.2, 0.25) is 0 Å². The molecule has 0 aliphatic rings. The Morgan fingerprint density at radius 1 is 1.47 bits per heavy atom. The van der Waals surface area contributed by atoms with Gasteiger partial charge < -0.3 is 4.79 Å². The lowest BCUT2D eigenvalue weighted by Gasteiger charge is -2.06. The number of carbonyl (C=O) groups excluding carboxylic acids is 1. The summed E-state index contributed by atoms with van der Waals surface area (Å²) in [6.07, 6.45) is 0.441. The van der Waals surface area contributed by atoms with Crippen LogP contribution >= 0.6 is 0 Å². The van der Waals surface area contributed by atoms with Crippen molar-refractivity contribution in [2.75, 3.05) is 6.54 Å². The van der Waals surface area contributed by atoms with Crippen LogP contribution in [0.25, 0.3) is 0 Å². The van der Waals surface area contributed by atoms with E-state index in [1.165, 1.54) is 6.92 Å². The van der Waals surface area contributed by atoms with Crippen LogP contribution in [0.3, 0.4) is 0 Å². The lowest BCUT2D eigenvalue weighted by atomic mass is 10.2. The van der Waals surface area contributed by atoms with Crippen LogP contribution in [0.15, 0.2) is 23.1 Å². The van der Waals surface area contributed by atoms with Crippen LogP contribution < -0.4 is 4.72 Å². The molecule has 0 saturated heterocycles. The number of sulfonamides is 1. The summed E-state index contributed by atoms with van der Waals surface area (Å²) in [6.45, 7) is 1.19. The summed E-state index contributed by atoms with van der Waals surface area (Å²) in [5, 5.41) is 0. The van der Waals surface area contributed by atoms with Crippen molar-refractivity contribution in [3.8, 4) is 0 Å². The van der Waals surface area contributed by atoms with Gasteiger partial charge in [-0.25, -0.2) is 17.5 Å². The standard InChI is InChI=1S/C9H10FNO3S/c1-7-6-8(10)2-3-9(7)15(13,14)11-4-5-12/h2-3,5-6,11H,4H2,1H3. The molecule has 0 aromatic heterocycles. The van der Waals surface area contributed by atoms with Crippen molar-refractivity contribution in [2.24, 2.45) is 0 Å². The molecule has 0 aliphatic heterocycles. The molecule has 1 N–H and O–H groups in total. The molecule has 0 unspecified atom stereocenters. The molecule has 0 bridgehead atoms. The molecule has 4 nitrogen and oxygen atoms in total. The van der Waals surface area contributed by atoms with Gasteiger partial charge in [0.05, 0.1) is 11.4 Å². The zero-order chi connectivity index (χ0) is 11.5. The summed E-state index contributed by atoms with van der Waals surface area (Å²) in [7, 11) is -3.72. The van der Waals surface area contributed by atoms with Gasteiger partial charge in [-0.3, -0.25) is 0 Å². The second-order valence-corrected chi connectivity index (χ2v) is 4.66. The molecule has 1 aromatic carbocycles. The van der Waals surface area contributed by atoms with Gasteiger partial charge in [-0.1, -0.05) is 0 Å². The Morgan fingerprint density at radius 3 is 2.67 bits per heavy atom. The van der Waals surface area contributed by atoms with Gasteiger partial charge in [-0.2, -0.15) is 0 Å². The number of hydrogen-bond acceptors (Lipinski definition) is 3. The second-order valence-electron chi connectivity index (χ2n) is 2.93. The minimum atomic E-state index is -3.72. The maximum atomic E-state index is 12.7. The highest BCUT2D eigenvalue weighted by Gasteiger charge is 2.15. The van der Waals surface area contributed by atoms with Crippen molar-refractivity contribution in [3.63, 3.8) is 0 Å². The van der Waals surface area contributed by atoms with Crippen molar-refractivity contribution >= 4 is 16.3 Å². The summed E-state index contributed by atoms with van der Waals surface area (Å²) in [4.78, 5) is 10.0. The first-order valence-corrected chi connectivity index (χ1v) is 5.65. The van der Waals surface area contributed by atoms with Gasteiger partial charge in [0, 0.05) is 0 Å². The fourth-order valence-corrected chi connectivity index (χ4v) is 2.31. The molecule has 0 saturated carbocycles. The fourth-order valence-electron chi connectivity index (χ4n) is 1.14. The Hall–Kier alpha value is -1.27. The molecule has 0 aliphatic carbocycles. The first kappa shape index (κ1) is 11.8. The summed E-state index contributed by atoms with van der Waals surface area (Å²) >= 11 is 0. The van der Waals surface area contributed by atoms with E-state index in [0.717, 1.165) is 18.2 Å². The molecular weight excluding hydrogens is 221 g/mol. The number of halogens is 1. The predicted molar refractivity (Wildman–Crippen MR) is 52.4 cm³/mol. The highest BCUT2D eigenvalue weighted by molar-refractivity contribution is 7.89. The molecule has 0 heterocycles. The molecule has 15 heavy (non-hydrogen) atoms. The van der Waals surface area contributed by atoms with Crippen LogP contribution in [0, 0.1) is 12.7 Å². The average Bonchev–Trinajstić information content (AvgIpc) is 2.14. The Morgan fingerprint density at radius 2 is 2.13 bits per heavy atom. The number of rotatable bonds is 4. The molecule has 6 heteroatoms. The molecule has 0 spiro atoms. The summed E-state index contributed by atoms with van der Waals surface area (Å²) < 4.78 is 37.8. The van der Waals surface area contributed by atoms with E-state index in [1.54, 1.807) is 0 Å². The van der Waals surface area contributed by atoms with Gasteiger partial charge in [0.25, 0.3) is 0 Å². The highest BCUT2D eigenvalue weighted by atomic mass is 32.2. The summed E-state index contributed by atoms with van der Waals surface area (Å²) in [5.74, 6) is -0.498. The van der Waals surface area contributed by atoms with Crippen molar-refractivity contribution in [2.45, 2.75) is 11.8 Å². The molecule has 82 valence electrons. The second kappa shape index (κ2) is 4.50. The van der Waals surface area contributed by atoms with E-state index in [-0.39, 0.29) is 11.4 Å². The lowest BCUT2D eigenvalue weighted by Crippen LogP contribution is -2.26. The summed E-state index contributed by atoms with van der Waals surface area (Å²) in [5.41, 5.74) is 0.299. The van der Waals surface area contributed by atoms with E-state index >= 15 is 0 Å². The van der Waals surface area contributed by atoms with Gasteiger partial charge in [0.15, 0.2) is 0 Å². The predicted octanol–water partition coefficient (Wildman–Crippen LogP) is 0.611. The Balaban J connectivity index is 3.10. The number of aryl methyl sites for hydroxylation is 1. The van der Waals surface area contributed by atoms with Gasteiger partial charge in [-0.05, 0) is 30.7 Å². The van der Waals surface area contributed by atoms with E-state index in [2.05, 4.69) is 4.72 Å². The minimum Gasteiger partial charge on any atom is -0.302 e. The number of nitrogens with one attached hydrogen (secondary N) is 1. The van der Waals surface area contributed by atoms with Crippen molar-refractivity contribution in [3.05, 3.63) is 29.6 Å². The monoisotopic (exact) mass is 231 g/mol. The SMILES string of the molecule is Cc1cc(F)ccc1S(=O)(=O)NCC=O. The maximum Gasteiger partial charge on any atom is 0.241 e. The third-order valence-corrected chi connectivity index (χ3v) is 3.37. The van der Waals surface area contributed by atoms with E-state index in [9.17, 15) is 17.6 Å². The number of carbonyl (C=O) groups is 1. The molecule has 1 aromatic rings. The zero-order valence-electron chi connectivity index (χ0n) is 8.03. The number of benzene rings is 1. The van der Waals surface area contributed by atoms with E-state index in [4.69, 9.17) is 0 Å². The van der Waals surface area contributed by atoms with E-state index in [0.29, 0.717) is 11.8 Å². The minimum absolute atomic E-state index is 0.0225. The van der Waals surface area contributed by atoms with Crippen LogP contribution in [0.1, 0.15) is 5.56 Å². The molecule has 0 fully saturated rings. The summed E-state index contributed by atoms with van der Waals surface area (Å²) in [6, 6.07) is 3.34. The molecule has 0 radical (unpaired) electrons. The van der Waals surface area contributed by atoms with Crippen molar-refractivity contribution in [1.82, 2.24) is 4.72 Å². The van der Waals surface area contributed by atoms with Crippen LogP contribution in [-0.4, -0.2) is 21.2 Å². The first-order chi connectivity index (χ1) is 6.97. The average molecular weight is 231 g/mol. The third kappa shape index (κ3) is 2.84. The van der Waals surface area contributed by atoms with Crippen molar-refractivity contribution in [1.29, 1.82) is 0 Å². The maximum absolute atomic E-state index is 12.7. The van der Waals surface area contributed by atoms with Gasteiger partial charge in [0.2, 0.25) is 10.0 Å². The largest absolute Gasteiger partial charge is 0.302 e. The highest BCUT2D eigenvalue weighted by Crippen LogP contribution is 2.15. The van der Waals surface area contributed by atoms with E-state index in [1.807, 2.05) is 0 Å². The Kier molecular flexibility index (Phi) is 3.54. The van der Waals surface area contributed by atoms with Crippen LogP contribution in [0.4, 0.5) is 4.39 Å². The quantitative estimate of drug-likeness (QED) is 0.772. The Bertz CT molecular complexity index is 470. The van der Waals surface area contributed by atoms with E-state index < -0.39 is 15.8 Å². The van der Waals surface area contributed by atoms with Gasteiger partial charge >= 0.3 is 0 Å². The zero-order valence-corrected chi connectivity index (χ0v) is 8.84. The molecule has 1 rings (SSSR count). The van der Waals surface area contributed by atoms with Gasteiger partial charge in [-0.15, -0.1) is 0 Å². The van der Waals surface area contributed by atoms with Crippen LogP contribution in [0.5, 0.6) is 0 Å². The van der Waals surface area contributed by atoms with Crippen molar-refractivity contribution < 1.29 is 17.6 Å². The first-order valence-electron chi connectivity index (χ1n) is 4.17. The topological polar surface area (TPSA) is 63.2 Å². The third-order valence-electron chi connectivity index (χ3n) is 1.78.